The van der Waals surface area contributed by atoms with Crippen molar-refractivity contribution in [3.05, 3.63) is 101 Å². The molecule has 0 aliphatic rings. The van der Waals surface area contributed by atoms with Gasteiger partial charge in [-0.15, -0.1) is 0 Å². The Morgan fingerprint density at radius 2 is 1.73 bits per heavy atom. The van der Waals surface area contributed by atoms with E-state index in [1.807, 2.05) is 45.0 Å². The number of nitrogens with one attached hydrogen (secondary N) is 1. The third kappa shape index (κ3) is 7.46. The molecule has 0 spiro atoms. The van der Waals surface area contributed by atoms with Gasteiger partial charge in [-0.1, -0.05) is 44.2 Å². The van der Waals surface area contributed by atoms with Gasteiger partial charge in [-0.05, 0) is 74.2 Å². The van der Waals surface area contributed by atoms with Crippen molar-refractivity contribution in [1.82, 2.24) is 14.7 Å². The third-order valence-electron chi connectivity index (χ3n) is 6.14. The molecule has 1 amide bonds. The summed E-state index contributed by atoms with van der Waals surface area (Å²) in [4.78, 5) is 21.9. The number of rotatable bonds is 10. The summed E-state index contributed by atoms with van der Waals surface area (Å²) in [6.45, 7) is 9.75. The Bertz CT molecular complexity index is 1690. The lowest BCUT2D eigenvalue weighted by Crippen LogP contribution is -2.31. The van der Waals surface area contributed by atoms with E-state index in [9.17, 15) is 17.6 Å². The highest BCUT2D eigenvalue weighted by atomic mass is 32.2. The molecule has 41 heavy (non-hydrogen) atoms. The van der Waals surface area contributed by atoms with Crippen molar-refractivity contribution in [2.75, 3.05) is 6.61 Å². The number of pyridine rings is 2. The lowest BCUT2D eigenvalue weighted by Gasteiger charge is -2.19. The molecule has 0 radical (unpaired) electrons. The van der Waals surface area contributed by atoms with Gasteiger partial charge in [-0.2, -0.15) is 8.42 Å². The molecule has 4 rings (SSSR count). The van der Waals surface area contributed by atoms with Crippen LogP contribution in [0, 0.1) is 25.6 Å². The minimum atomic E-state index is -4.28. The second-order valence-electron chi connectivity index (χ2n) is 10.1. The van der Waals surface area contributed by atoms with Crippen LogP contribution in [0.4, 0.5) is 4.39 Å². The van der Waals surface area contributed by atoms with Crippen LogP contribution in [0.1, 0.15) is 56.9 Å². The first-order chi connectivity index (χ1) is 19.4. The Balaban J connectivity index is 0.00000323. The largest absolute Gasteiger partial charge is 0.493 e. The molecule has 0 aliphatic heterocycles. The Hall–Kier alpha value is -4.31. The first-order valence-electron chi connectivity index (χ1n) is 13.1. The van der Waals surface area contributed by atoms with Gasteiger partial charge in [0.2, 0.25) is 5.88 Å². The lowest BCUT2D eigenvalue weighted by atomic mass is 10.0. The second-order valence-corrected chi connectivity index (χ2v) is 11.7. The summed E-state index contributed by atoms with van der Waals surface area (Å²) >= 11 is 0. The van der Waals surface area contributed by atoms with Crippen molar-refractivity contribution in [1.29, 1.82) is 0 Å². The molecule has 1 unspecified atom stereocenters. The Labute approximate surface area is 242 Å². The van der Waals surface area contributed by atoms with E-state index in [2.05, 4.69) is 14.7 Å². The molecular formula is C31H36FN3O5S. The molecule has 8 nitrogen and oxygen atoms in total. The van der Waals surface area contributed by atoms with Crippen molar-refractivity contribution in [3.8, 4) is 22.9 Å². The van der Waals surface area contributed by atoms with Crippen LogP contribution in [0.15, 0.2) is 77.8 Å². The van der Waals surface area contributed by atoms with E-state index in [-0.39, 0.29) is 25.2 Å². The molecule has 0 saturated heterocycles. The van der Waals surface area contributed by atoms with Gasteiger partial charge in [0.15, 0.2) is 5.03 Å². The summed E-state index contributed by atoms with van der Waals surface area (Å²) in [5.41, 5.74) is 2.91. The van der Waals surface area contributed by atoms with Gasteiger partial charge in [0.1, 0.15) is 23.2 Å². The van der Waals surface area contributed by atoms with Crippen molar-refractivity contribution in [2.24, 2.45) is 5.92 Å². The summed E-state index contributed by atoms with van der Waals surface area (Å²) in [7, 11) is -4.28. The number of aryl methyl sites for hydroxylation is 2. The van der Waals surface area contributed by atoms with Crippen LogP contribution in [0.5, 0.6) is 11.6 Å². The number of ether oxygens (including phenoxy) is 2. The summed E-state index contributed by atoms with van der Waals surface area (Å²) in [5, 5.41) is -0.292. The zero-order valence-electron chi connectivity index (χ0n) is 23.5. The van der Waals surface area contributed by atoms with E-state index in [0.717, 1.165) is 11.1 Å². The molecular weight excluding hydrogens is 545 g/mol. The summed E-state index contributed by atoms with van der Waals surface area (Å²) in [6, 6.07) is 19.2. The molecule has 0 saturated carbocycles. The number of amides is 1. The number of sulfonamides is 1. The number of nitrogens with zero attached hydrogens (tertiary/aromatic N) is 2. The monoisotopic (exact) mass is 581 g/mol. The van der Waals surface area contributed by atoms with Crippen molar-refractivity contribution < 1.29 is 29.9 Å². The molecule has 0 aliphatic carbocycles. The van der Waals surface area contributed by atoms with Gasteiger partial charge < -0.3 is 9.47 Å². The maximum absolute atomic E-state index is 14.5. The molecule has 0 fully saturated rings. The smallest absolute Gasteiger partial charge is 0.281 e. The fraction of sp³-hybridized carbons (Fsp3) is 0.258. The molecule has 10 heteroatoms. The zero-order chi connectivity index (χ0) is 29.7. The molecule has 2 aromatic carbocycles. The molecule has 0 bridgehead atoms. The van der Waals surface area contributed by atoms with Crippen LogP contribution in [0.2, 0.25) is 0 Å². The molecule has 2 aromatic heterocycles. The number of carbonyl (C=O) groups excluding carboxylic acids is 1. The first kappa shape index (κ1) is 29.7. The van der Waals surface area contributed by atoms with E-state index in [0.29, 0.717) is 29.3 Å². The van der Waals surface area contributed by atoms with E-state index < -0.39 is 27.9 Å². The van der Waals surface area contributed by atoms with Gasteiger partial charge in [-0.3, -0.25) is 4.79 Å². The topological polar surface area (TPSA) is 107 Å². The van der Waals surface area contributed by atoms with Crippen molar-refractivity contribution in [2.45, 2.75) is 45.7 Å². The number of halogens is 1. The minimum Gasteiger partial charge on any atom is -0.493 e. The van der Waals surface area contributed by atoms with Gasteiger partial charge in [0.25, 0.3) is 15.9 Å². The highest BCUT2D eigenvalue weighted by molar-refractivity contribution is 7.90. The average molecular weight is 582 g/mol. The summed E-state index contributed by atoms with van der Waals surface area (Å²) < 4.78 is 54.3. The number of benzene rings is 2. The fourth-order valence-corrected chi connectivity index (χ4v) is 5.07. The van der Waals surface area contributed by atoms with E-state index >= 15 is 0 Å². The Morgan fingerprint density at radius 1 is 0.976 bits per heavy atom. The van der Waals surface area contributed by atoms with Crippen molar-refractivity contribution in [3.63, 3.8) is 0 Å². The van der Waals surface area contributed by atoms with Gasteiger partial charge in [0, 0.05) is 20.2 Å². The van der Waals surface area contributed by atoms with Crippen LogP contribution < -0.4 is 14.2 Å². The molecule has 218 valence electrons. The van der Waals surface area contributed by atoms with Crippen LogP contribution in [-0.2, 0) is 10.0 Å². The minimum absolute atomic E-state index is 0. The lowest BCUT2D eigenvalue weighted by molar-refractivity contribution is 0.0973. The fourth-order valence-electron chi connectivity index (χ4n) is 4.09. The highest BCUT2D eigenvalue weighted by Gasteiger charge is 2.25. The Morgan fingerprint density at radius 3 is 2.44 bits per heavy atom. The molecule has 1 N–H and O–H groups in total. The van der Waals surface area contributed by atoms with E-state index in [1.54, 1.807) is 26.0 Å². The normalized spacial score (nSPS) is 12.2. The van der Waals surface area contributed by atoms with Crippen LogP contribution in [-0.4, -0.2) is 30.9 Å². The van der Waals surface area contributed by atoms with E-state index in [4.69, 9.17) is 9.47 Å². The highest BCUT2D eigenvalue weighted by Crippen LogP contribution is 2.31. The summed E-state index contributed by atoms with van der Waals surface area (Å²) in [6.07, 6.45) is -0.544. The SMILES string of the molecule is Cc1cccc(S(=O)(=O)NC(=O)c2ccc(-c3cc(F)cc(OCC(C)C)c3)nc2OC(C)c2ccccc2C)n1.[HH].[HH]. The number of hydrogen-bond acceptors (Lipinski definition) is 7. The van der Waals surface area contributed by atoms with Gasteiger partial charge in [0.05, 0.1) is 12.3 Å². The maximum Gasteiger partial charge on any atom is 0.281 e. The predicted molar refractivity (Wildman–Crippen MR) is 158 cm³/mol. The first-order valence-corrected chi connectivity index (χ1v) is 14.6. The number of aromatic nitrogens is 2. The number of hydrogen-bond donors (Lipinski definition) is 1. The van der Waals surface area contributed by atoms with Crippen molar-refractivity contribution >= 4 is 15.9 Å². The van der Waals surface area contributed by atoms with Gasteiger partial charge in [-0.25, -0.2) is 19.1 Å². The van der Waals surface area contributed by atoms with Crippen LogP contribution in [0.25, 0.3) is 11.3 Å². The Kier molecular flexibility index (Phi) is 9.02. The zero-order valence-corrected chi connectivity index (χ0v) is 24.3. The average Bonchev–Trinajstić information content (AvgIpc) is 2.91. The molecule has 2 heterocycles. The molecule has 4 aromatic rings. The molecule has 1 atom stereocenters. The maximum atomic E-state index is 14.5. The number of carbonyl (C=O) groups is 1. The quantitative estimate of drug-likeness (QED) is 0.222. The van der Waals surface area contributed by atoms with Crippen LogP contribution in [0.3, 0.4) is 0 Å². The van der Waals surface area contributed by atoms with E-state index in [1.165, 1.54) is 36.4 Å². The van der Waals surface area contributed by atoms with Gasteiger partial charge >= 0.3 is 0 Å². The predicted octanol–water partition coefficient (Wildman–Crippen LogP) is 6.69. The third-order valence-corrected chi connectivity index (χ3v) is 7.37. The standard InChI is InChI=1S/C31H32FN3O5S.2H2/c1-19(2)18-39-25-16-23(15-24(32)17-25)28-14-13-27(30(36)35-41(37,38)29-12-8-10-21(4)33-29)31(34-28)40-22(5)26-11-7-6-9-20(26)3;;/h6-17,19,22H,18H2,1-5H3,(H,35,36);2*1H. The summed E-state index contributed by atoms with van der Waals surface area (Å²) in [5.74, 6) is -0.995. The van der Waals surface area contributed by atoms with Crippen LogP contribution >= 0.6 is 0 Å². The second kappa shape index (κ2) is 12.5.